The summed E-state index contributed by atoms with van der Waals surface area (Å²) in [5.74, 6) is -0.604. The molecule has 1 N–H and O–H groups in total. The summed E-state index contributed by atoms with van der Waals surface area (Å²) in [6.45, 7) is -0.265. The average molecular weight is 396 g/mol. The fourth-order valence-electron chi connectivity index (χ4n) is 4.45. The molecule has 30 heavy (non-hydrogen) atoms. The van der Waals surface area contributed by atoms with Crippen LogP contribution in [-0.2, 0) is 16.8 Å². The molecule has 3 amide bonds. The molecule has 1 saturated heterocycles. The lowest BCUT2D eigenvalue weighted by Crippen LogP contribution is -2.42. The Morgan fingerprint density at radius 3 is 2.30 bits per heavy atom. The molecule has 1 fully saturated rings. The minimum atomic E-state index is -1.04. The highest BCUT2D eigenvalue weighted by Crippen LogP contribution is 2.41. The monoisotopic (exact) mass is 396 g/mol. The van der Waals surface area contributed by atoms with E-state index in [1.54, 1.807) is 12.1 Å². The molecule has 5 nitrogen and oxygen atoms in total. The van der Waals surface area contributed by atoms with Gasteiger partial charge in [0.25, 0.3) is 5.91 Å². The van der Waals surface area contributed by atoms with Crippen molar-refractivity contribution in [1.82, 2.24) is 10.2 Å². The summed E-state index contributed by atoms with van der Waals surface area (Å²) in [6.07, 6.45) is 1.25. The first-order valence-corrected chi connectivity index (χ1v) is 10.00. The second-order valence-corrected chi connectivity index (χ2v) is 7.75. The molecule has 0 bridgehead atoms. The minimum Gasteiger partial charge on any atom is -0.319 e. The predicted molar refractivity (Wildman–Crippen MR) is 113 cm³/mol. The number of Topliss-reactive ketones (excluding diaryl/α,β-unsaturated/α-hetero) is 1. The largest absolute Gasteiger partial charge is 0.325 e. The van der Waals surface area contributed by atoms with E-state index in [1.165, 1.54) is 0 Å². The van der Waals surface area contributed by atoms with E-state index in [0.717, 1.165) is 33.6 Å². The molecular weight excluding hydrogens is 376 g/mol. The van der Waals surface area contributed by atoms with Gasteiger partial charge in [-0.05, 0) is 35.1 Å². The van der Waals surface area contributed by atoms with Crippen molar-refractivity contribution in [3.05, 3.63) is 95.6 Å². The number of ketones is 1. The number of urea groups is 1. The molecule has 2 aliphatic rings. The van der Waals surface area contributed by atoms with Gasteiger partial charge in [0.2, 0.25) is 0 Å². The molecule has 0 saturated carbocycles. The van der Waals surface area contributed by atoms with Crippen LogP contribution in [0.1, 0.15) is 27.9 Å². The van der Waals surface area contributed by atoms with Crippen LogP contribution in [0.3, 0.4) is 0 Å². The number of benzene rings is 3. The highest BCUT2D eigenvalue weighted by atomic mass is 16.2. The van der Waals surface area contributed by atoms with E-state index in [-0.39, 0.29) is 18.2 Å². The van der Waals surface area contributed by atoms with Gasteiger partial charge in [-0.3, -0.25) is 14.5 Å². The lowest BCUT2D eigenvalue weighted by Gasteiger charge is -2.22. The first-order chi connectivity index (χ1) is 14.6. The van der Waals surface area contributed by atoms with Crippen molar-refractivity contribution in [2.24, 2.45) is 0 Å². The summed E-state index contributed by atoms with van der Waals surface area (Å²) < 4.78 is 0. The van der Waals surface area contributed by atoms with Gasteiger partial charge in [0.05, 0.1) is 6.54 Å². The maximum Gasteiger partial charge on any atom is 0.325 e. The van der Waals surface area contributed by atoms with Crippen molar-refractivity contribution in [2.45, 2.75) is 18.4 Å². The van der Waals surface area contributed by atoms with E-state index < -0.39 is 11.6 Å². The van der Waals surface area contributed by atoms with E-state index in [0.29, 0.717) is 12.0 Å². The Balaban J connectivity index is 1.36. The van der Waals surface area contributed by atoms with Crippen LogP contribution in [0.5, 0.6) is 0 Å². The number of aryl methyl sites for hydroxylation is 1. The Kier molecular flexibility index (Phi) is 4.24. The smallest absolute Gasteiger partial charge is 0.319 e. The van der Waals surface area contributed by atoms with Gasteiger partial charge in [-0.15, -0.1) is 0 Å². The van der Waals surface area contributed by atoms with E-state index in [1.807, 2.05) is 66.7 Å². The fourth-order valence-corrected chi connectivity index (χ4v) is 4.45. The fraction of sp³-hybridized carbons (Fsp3) is 0.160. The van der Waals surface area contributed by atoms with Gasteiger partial charge < -0.3 is 5.32 Å². The van der Waals surface area contributed by atoms with Gasteiger partial charge in [0.15, 0.2) is 5.78 Å². The minimum absolute atomic E-state index is 0.263. The zero-order chi connectivity index (χ0) is 20.7. The molecule has 0 unspecified atom stereocenters. The van der Waals surface area contributed by atoms with Crippen LogP contribution in [-0.4, -0.2) is 29.2 Å². The van der Waals surface area contributed by atoms with E-state index >= 15 is 0 Å². The Hall–Kier alpha value is -3.73. The van der Waals surface area contributed by atoms with Gasteiger partial charge in [0.1, 0.15) is 5.54 Å². The molecule has 1 heterocycles. The molecular formula is C25H20N2O3. The van der Waals surface area contributed by atoms with Crippen molar-refractivity contribution >= 4 is 17.7 Å². The van der Waals surface area contributed by atoms with Crippen molar-refractivity contribution in [1.29, 1.82) is 0 Å². The number of fused-ring (bicyclic) bond motifs is 2. The number of carbonyl (C=O) groups is 3. The van der Waals surface area contributed by atoms with Crippen LogP contribution < -0.4 is 5.32 Å². The first-order valence-electron chi connectivity index (χ1n) is 10.00. The second-order valence-electron chi connectivity index (χ2n) is 7.75. The molecule has 0 aromatic heterocycles. The van der Waals surface area contributed by atoms with Crippen molar-refractivity contribution in [2.75, 3.05) is 6.54 Å². The van der Waals surface area contributed by atoms with Gasteiger partial charge in [-0.2, -0.15) is 0 Å². The molecule has 3 aromatic rings. The number of rotatable bonds is 4. The lowest BCUT2D eigenvalue weighted by molar-refractivity contribution is -0.131. The molecule has 3 aromatic carbocycles. The maximum atomic E-state index is 13.2. The second kappa shape index (κ2) is 6.95. The molecule has 0 radical (unpaired) electrons. The molecule has 5 heteroatoms. The van der Waals surface area contributed by atoms with Crippen LogP contribution in [0.4, 0.5) is 4.79 Å². The molecule has 1 atom stereocenters. The third kappa shape index (κ3) is 2.82. The number of amides is 3. The van der Waals surface area contributed by atoms with Crippen LogP contribution in [0, 0.1) is 0 Å². The zero-order valence-corrected chi connectivity index (χ0v) is 16.3. The van der Waals surface area contributed by atoms with Crippen molar-refractivity contribution < 1.29 is 14.4 Å². The normalized spacial score (nSPS) is 19.8. The van der Waals surface area contributed by atoms with Crippen LogP contribution >= 0.6 is 0 Å². The summed E-state index contributed by atoms with van der Waals surface area (Å²) in [5, 5.41) is 2.86. The highest BCUT2D eigenvalue weighted by molar-refractivity contribution is 6.11. The van der Waals surface area contributed by atoms with E-state index in [9.17, 15) is 14.4 Å². The topological polar surface area (TPSA) is 66.5 Å². The predicted octanol–water partition coefficient (Wildman–Crippen LogP) is 3.93. The lowest BCUT2D eigenvalue weighted by atomic mass is 9.92. The Labute approximate surface area is 174 Å². The summed E-state index contributed by atoms with van der Waals surface area (Å²) >= 11 is 0. The molecule has 1 spiro atoms. The molecule has 148 valence electrons. The number of nitrogens with zero attached hydrogens (tertiary/aromatic N) is 1. The Morgan fingerprint density at radius 2 is 1.53 bits per heavy atom. The number of nitrogens with one attached hydrogen (secondary N) is 1. The average Bonchev–Trinajstić information content (AvgIpc) is 3.27. The Morgan fingerprint density at radius 1 is 0.867 bits per heavy atom. The number of hydrogen-bond acceptors (Lipinski definition) is 3. The molecule has 1 aliphatic heterocycles. The quantitative estimate of drug-likeness (QED) is 0.537. The number of hydrogen-bond donors (Lipinski definition) is 1. The first kappa shape index (κ1) is 18.3. The molecule has 5 rings (SSSR count). The van der Waals surface area contributed by atoms with Crippen LogP contribution in [0.2, 0.25) is 0 Å². The summed E-state index contributed by atoms with van der Waals surface area (Å²) in [5.41, 5.74) is 3.41. The number of carbonyl (C=O) groups excluding carboxylic acids is 3. The maximum absolute atomic E-state index is 13.2. The summed E-state index contributed by atoms with van der Waals surface area (Å²) in [6, 6.07) is 24.3. The standard InChI is InChI=1S/C25H20N2O3/c28-22(20-12-10-18(11-13-20)17-6-2-1-3-7-17)16-27-23(29)25(26-24(27)30)15-14-19-8-4-5-9-21(19)25/h1-13H,14-16H2,(H,26,30)/t25-/m1/s1. The van der Waals surface area contributed by atoms with Gasteiger partial charge in [-0.25, -0.2) is 4.79 Å². The van der Waals surface area contributed by atoms with Crippen molar-refractivity contribution in [3.8, 4) is 11.1 Å². The Bertz CT molecular complexity index is 1150. The van der Waals surface area contributed by atoms with Gasteiger partial charge >= 0.3 is 6.03 Å². The zero-order valence-electron chi connectivity index (χ0n) is 16.3. The van der Waals surface area contributed by atoms with Gasteiger partial charge in [-0.1, -0.05) is 78.9 Å². The molecule has 1 aliphatic carbocycles. The summed E-state index contributed by atoms with van der Waals surface area (Å²) in [4.78, 5) is 39.7. The third-order valence-electron chi connectivity index (χ3n) is 6.04. The van der Waals surface area contributed by atoms with Crippen LogP contribution in [0.15, 0.2) is 78.9 Å². The van der Waals surface area contributed by atoms with E-state index in [4.69, 9.17) is 0 Å². The van der Waals surface area contributed by atoms with Gasteiger partial charge in [0, 0.05) is 5.56 Å². The number of imide groups is 1. The highest BCUT2D eigenvalue weighted by Gasteiger charge is 2.55. The van der Waals surface area contributed by atoms with Crippen molar-refractivity contribution in [3.63, 3.8) is 0 Å². The van der Waals surface area contributed by atoms with Crippen LogP contribution in [0.25, 0.3) is 11.1 Å². The summed E-state index contributed by atoms with van der Waals surface area (Å²) in [7, 11) is 0. The SMILES string of the molecule is O=C(CN1C(=O)N[C@@]2(CCc3ccccc32)C1=O)c1ccc(-c2ccccc2)cc1. The third-order valence-corrected chi connectivity index (χ3v) is 6.04. The van der Waals surface area contributed by atoms with E-state index in [2.05, 4.69) is 5.32 Å².